The highest BCUT2D eigenvalue weighted by molar-refractivity contribution is 5.73. The number of phenolic OH excluding ortho intramolecular Hbond substituents is 1. The summed E-state index contributed by atoms with van der Waals surface area (Å²) in [6.07, 6.45) is -0.607. The van der Waals surface area contributed by atoms with Gasteiger partial charge in [0.15, 0.2) is 0 Å². The van der Waals surface area contributed by atoms with Crippen molar-refractivity contribution in [3.05, 3.63) is 48.0 Å². The molecule has 3 aromatic rings. The summed E-state index contributed by atoms with van der Waals surface area (Å²) in [5.41, 5.74) is 2.66. The van der Waals surface area contributed by atoms with E-state index in [9.17, 15) is 10.2 Å². The molecule has 3 rings (SSSR count). The van der Waals surface area contributed by atoms with E-state index in [-0.39, 0.29) is 5.75 Å². The molecule has 1 atom stereocenters. The fourth-order valence-electron chi connectivity index (χ4n) is 1.93. The number of aliphatic hydroxyl groups is 1. The van der Waals surface area contributed by atoms with Crippen LogP contribution in [0.5, 0.6) is 5.75 Å². The number of nitrogens with zero attached hydrogens (tertiary/aromatic N) is 3. The van der Waals surface area contributed by atoms with Crippen LogP contribution in [0.25, 0.3) is 16.7 Å². The number of phenols is 1. The van der Waals surface area contributed by atoms with Crippen molar-refractivity contribution in [2.45, 2.75) is 13.0 Å². The first kappa shape index (κ1) is 11.7. The van der Waals surface area contributed by atoms with Gasteiger partial charge >= 0.3 is 0 Å². The second-order valence-electron chi connectivity index (χ2n) is 4.40. The molecule has 0 fully saturated rings. The van der Waals surface area contributed by atoms with E-state index in [1.165, 1.54) is 10.9 Å². The maximum absolute atomic E-state index is 9.91. The van der Waals surface area contributed by atoms with Gasteiger partial charge in [-0.1, -0.05) is 18.2 Å². The van der Waals surface area contributed by atoms with Gasteiger partial charge < -0.3 is 10.2 Å². The predicted molar refractivity (Wildman–Crippen MR) is 71.2 cm³/mol. The Labute approximate surface area is 109 Å². The number of benzene rings is 2. The molecule has 0 spiro atoms. The molecular weight excluding hydrogens is 242 g/mol. The quantitative estimate of drug-likeness (QED) is 0.736. The normalized spacial score (nSPS) is 12.7. The number of aromatic nitrogens is 3. The molecule has 96 valence electrons. The summed E-state index contributed by atoms with van der Waals surface area (Å²) in [6, 6.07) is 12.4. The molecule has 0 saturated heterocycles. The maximum Gasteiger partial charge on any atom is 0.143 e. The Morgan fingerprint density at radius 3 is 2.26 bits per heavy atom. The molecule has 19 heavy (non-hydrogen) atoms. The van der Waals surface area contributed by atoms with Crippen LogP contribution in [0.15, 0.2) is 42.5 Å². The molecule has 0 amide bonds. The standard InChI is InChI=1S/C14H13N3O2/c1-9(18)10-6-7-14(19)13(8-10)17-15-11-4-2-3-5-12(11)16-17/h2-9,18-19H,1H3. The Morgan fingerprint density at radius 2 is 1.68 bits per heavy atom. The molecule has 5 heteroatoms. The van der Waals surface area contributed by atoms with Crippen LogP contribution in [-0.2, 0) is 0 Å². The van der Waals surface area contributed by atoms with Crippen LogP contribution in [0, 0.1) is 0 Å². The van der Waals surface area contributed by atoms with Gasteiger partial charge in [-0.15, -0.1) is 15.0 Å². The molecule has 0 aliphatic carbocycles. The monoisotopic (exact) mass is 255 g/mol. The third-order valence-corrected chi connectivity index (χ3v) is 2.98. The zero-order valence-corrected chi connectivity index (χ0v) is 10.4. The van der Waals surface area contributed by atoms with Crippen LogP contribution in [0.3, 0.4) is 0 Å². The third kappa shape index (κ3) is 2.04. The minimum absolute atomic E-state index is 0.0738. The average molecular weight is 255 g/mol. The molecule has 0 aliphatic rings. The minimum Gasteiger partial charge on any atom is -0.506 e. The maximum atomic E-state index is 9.91. The van der Waals surface area contributed by atoms with E-state index in [1.807, 2.05) is 24.3 Å². The Kier molecular flexibility index (Phi) is 2.68. The smallest absolute Gasteiger partial charge is 0.143 e. The van der Waals surface area contributed by atoms with Gasteiger partial charge in [-0.2, -0.15) is 0 Å². The summed E-state index contributed by atoms with van der Waals surface area (Å²) < 4.78 is 0. The lowest BCUT2D eigenvalue weighted by Gasteiger charge is -2.08. The number of aromatic hydroxyl groups is 1. The van der Waals surface area contributed by atoms with Crippen molar-refractivity contribution in [3.63, 3.8) is 0 Å². The van der Waals surface area contributed by atoms with Crippen LogP contribution in [0.4, 0.5) is 0 Å². The first-order valence-electron chi connectivity index (χ1n) is 5.98. The summed E-state index contributed by atoms with van der Waals surface area (Å²) in [4.78, 5) is 1.38. The van der Waals surface area contributed by atoms with Crippen LogP contribution in [0.2, 0.25) is 0 Å². The fraction of sp³-hybridized carbons (Fsp3) is 0.143. The number of aliphatic hydroxyl groups excluding tert-OH is 1. The van der Waals surface area contributed by atoms with E-state index in [4.69, 9.17) is 0 Å². The van der Waals surface area contributed by atoms with Gasteiger partial charge in [-0.3, -0.25) is 0 Å². The van der Waals surface area contributed by atoms with Crippen LogP contribution in [-0.4, -0.2) is 25.2 Å². The Hall–Kier alpha value is -2.40. The van der Waals surface area contributed by atoms with Gasteiger partial charge in [0.25, 0.3) is 0 Å². The van der Waals surface area contributed by atoms with Gasteiger partial charge in [-0.25, -0.2) is 0 Å². The molecule has 5 nitrogen and oxygen atoms in total. The van der Waals surface area contributed by atoms with E-state index >= 15 is 0 Å². The number of fused-ring (bicyclic) bond motifs is 1. The number of hydrogen-bond acceptors (Lipinski definition) is 4. The van der Waals surface area contributed by atoms with Crippen molar-refractivity contribution in [3.8, 4) is 11.4 Å². The molecule has 1 unspecified atom stereocenters. The van der Waals surface area contributed by atoms with E-state index in [2.05, 4.69) is 10.2 Å². The van der Waals surface area contributed by atoms with E-state index in [0.29, 0.717) is 11.3 Å². The van der Waals surface area contributed by atoms with E-state index < -0.39 is 6.10 Å². The lowest BCUT2D eigenvalue weighted by Crippen LogP contribution is -2.01. The molecule has 0 aliphatic heterocycles. The third-order valence-electron chi connectivity index (χ3n) is 2.98. The zero-order chi connectivity index (χ0) is 13.4. The summed E-state index contributed by atoms with van der Waals surface area (Å²) in [6.45, 7) is 1.67. The molecule has 2 aromatic carbocycles. The second-order valence-corrected chi connectivity index (χ2v) is 4.40. The van der Waals surface area contributed by atoms with Gasteiger partial charge in [0.2, 0.25) is 0 Å². The zero-order valence-electron chi connectivity index (χ0n) is 10.4. The summed E-state index contributed by atoms with van der Waals surface area (Å²) >= 11 is 0. The van der Waals surface area contributed by atoms with Crippen molar-refractivity contribution in [2.24, 2.45) is 0 Å². The first-order valence-corrected chi connectivity index (χ1v) is 5.98. The number of rotatable bonds is 2. The lowest BCUT2D eigenvalue weighted by molar-refractivity contribution is 0.199. The highest BCUT2D eigenvalue weighted by atomic mass is 16.3. The fourth-order valence-corrected chi connectivity index (χ4v) is 1.93. The van der Waals surface area contributed by atoms with Crippen LogP contribution >= 0.6 is 0 Å². The Morgan fingerprint density at radius 1 is 1.05 bits per heavy atom. The summed E-state index contributed by atoms with van der Waals surface area (Å²) in [5, 5.41) is 28.1. The first-order chi connectivity index (χ1) is 9.15. The van der Waals surface area contributed by atoms with Crippen molar-refractivity contribution in [2.75, 3.05) is 0 Å². The van der Waals surface area contributed by atoms with Crippen molar-refractivity contribution in [1.82, 2.24) is 15.0 Å². The van der Waals surface area contributed by atoms with E-state index in [1.54, 1.807) is 19.1 Å². The van der Waals surface area contributed by atoms with Crippen molar-refractivity contribution < 1.29 is 10.2 Å². The van der Waals surface area contributed by atoms with Gasteiger partial charge in [-0.05, 0) is 36.8 Å². The van der Waals surface area contributed by atoms with Gasteiger partial charge in [0, 0.05) is 0 Å². The lowest BCUT2D eigenvalue weighted by atomic mass is 10.1. The summed E-state index contributed by atoms with van der Waals surface area (Å²) in [7, 11) is 0. The van der Waals surface area contributed by atoms with E-state index in [0.717, 1.165) is 11.0 Å². The molecule has 0 radical (unpaired) electrons. The van der Waals surface area contributed by atoms with Crippen LogP contribution < -0.4 is 0 Å². The van der Waals surface area contributed by atoms with Gasteiger partial charge in [0.1, 0.15) is 22.5 Å². The Balaban J connectivity index is 2.17. The molecule has 0 bridgehead atoms. The van der Waals surface area contributed by atoms with Crippen molar-refractivity contribution >= 4 is 11.0 Å². The average Bonchev–Trinajstić information content (AvgIpc) is 2.82. The molecular formula is C14H13N3O2. The highest BCUT2D eigenvalue weighted by Gasteiger charge is 2.11. The molecule has 2 N–H and O–H groups in total. The molecule has 0 saturated carbocycles. The SMILES string of the molecule is CC(O)c1ccc(O)c(-n2nc3ccccc3n2)c1. The minimum atomic E-state index is -0.607. The van der Waals surface area contributed by atoms with Crippen LogP contribution in [0.1, 0.15) is 18.6 Å². The largest absolute Gasteiger partial charge is 0.506 e. The highest BCUT2D eigenvalue weighted by Crippen LogP contribution is 2.25. The molecule has 1 aromatic heterocycles. The predicted octanol–water partition coefficient (Wildman–Crippen LogP) is 2.18. The van der Waals surface area contributed by atoms with Gasteiger partial charge in [0.05, 0.1) is 6.10 Å². The molecule has 1 heterocycles. The Bertz CT molecular complexity index is 701. The topological polar surface area (TPSA) is 71.2 Å². The second kappa shape index (κ2) is 4.37. The van der Waals surface area contributed by atoms with Crippen molar-refractivity contribution in [1.29, 1.82) is 0 Å². The summed E-state index contributed by atoms with van der Waals surface area (Å²) in [5.74, 6) is 0.0738. The number of hydrogen-bond donors (Lipinski definition) is 2.